The lowest BCUT2D eigenvalue weighted by molar-refractivity contribution is 0.252. The fourth-order valence-corrected chi connectivity index (χ4v) is 2.22. The van der Waals surface area contributed by atoms with E-state index < -0.39 is 0 Å². The lowest BCUT2D eigenvalue weighted by Gasteiger charge is -2.35. The first-order chi connectivity index (χ1) is 8.20. The summed E-state index contributed by atoms with van der Waals surface area (Å²) in [5.41, 5.74) is 6.35. The maximum atomic E-state index is 5.51. The minimum Gasteiger partial charge on any atom is -0.355 e. The van der Waals surface area contributed by atoms with Crippen molar-refractivity contribution >= 4 is 5.82 Å². The van der Waals surface area contributed by atoms with Crippen LogP contribution in [0.2, 0.25) is 0 Å². The molecule has 1 aliphatic rings. The Kier molecular flexibility index (Phi) is 3.91. The molecule has 2 rings (SSSR count). The first-order valence-corrected chi connectivity index (χ1v) is 6.14. The number of hydrogen-bond acceptors (Lipinski definition) is 5. The van der Waals surface area contributed by atoms with Gasteiger partial charge >= 0.3 is 0 Å². The van der Waals surface area contributed by atoms with E-state index in [0.717, 1.165) is 24.6 Å². The molecule has 0 unspecified atom stereocenters. The van der Waals surface area contributed by atoms with Crippen molar-refractivity contribution in [3.8, 4) is 0 Å². The molecule has 0 radical (unpaired) electrons. The van der Waals surface area contributed by atoms with Crippen LogP contribution in [0.1, 0.15) is 18.5 Å². The molecule has 0 atom stereocenters. The van der Waals surface area contributed by atoms with Crippen LogP contribution in [-0.2, 0) is 6.54 Å². The van der Waals surface area contributed by atoms with Crippen LogP contribution in [0.3, 0.4) is 0 Å². The quantitative estimate of drug-likeness (QED) is 0.825. The number of nitrogens with two attached hydrogens (primary N) is 1. The standard InChI is InChI=1S/C12H21N5/c1-16-7-5-11(6-8-16)17(2)12-4-3-10(9-13)14-15-12/h3-4,11H,5-9,13H2,1-2H3. The molecule has 0 amide bonds. The topological polar surface area (TPSA) is 58.3 Å². The molecule has 1 aliphatic heterocycles. The number of rotatable bonds is 3. The van der Waals surface area contributed by atoms with Gasteiger partial charge in [0.05, 0.1) is 5.69 Å². The van der Waals surface area contributed by atoms with Gasteiger partial charge in [0.25, 0.3) is 0 Å². The van der Waals surface area contributed by atoms with Crippen molar-refractivity contribution < 1.29 is 0 Å². The second-order valence-electron chi connectivity index (χ2n) is 4.73. The Morgan fingerprint density at radius 2 is 2.06 bits per heavy atom. The maximum absolute atomic E-state index is 5.51. The fraction of sp³-hybridized carbons (Fsp3) is 0.667. The second kappa shape index (κ2) is 5.42. The molecule has 0 aromatic carbocycles. The minimum absolute atomic E-state index is 0.450. The molecular formula is C12H21N5. The molecule has 5 heteroatoms. The van der Waals surface area contributed by atoms with Gasteiger partial charge in [-0.2, -0.15) is 5.10 Å². The van der Waals surface area contributed by atoms with E-state index in [9.17, 15) is 0 Å². The van der Waals surface area contributed by atoms with Gasteiger partial charge in [0, 0.05) is 19.6 Å². The van der Waals surface area contributed by atoms with Crippen molar-refractivity contribution in [1.29, 1.82) is 0 Å². The van der Waals surface area contributed by atoms with E-state index in [0.29, 0.717) is 12.6 Å². The highest BCUT2D eigenvalue weighted by atomic mass is 15.3. The normalized spacial score (nSPS) is 18.3. The minimum atomic E-state index is 0.450. The van der Waals surface area contributed by atoms with E-state index in [1.54, 1.807) is 0 Å². The molecule has 1 aromatic heterocycles. The Morgan fingerprint density at radius 1 is 1.35 bits per heavy atom. The maximum Gasteiger partial charge on any atom is 0.151 e. The van der Waals surface area contributed by atoms with Gasteiger partial charge in [-0.1, -0.05) is 0 Å². The lowest BCUT2D eigenvalue weighted by Crippen LogP contribution is -2.42. The molecule has 0 spiro atoms. The van der Waals surface area contributed by atoms with Crippen LogP contribution in [0, 0.1) is 0 Å². The highest BCUT2D eigenvalue weighted by molar-refractivity contribution is 5.37. The van der Waals surface area contributed by atoms with Gasteiger partial charge in [-0.3, -0.25) is 0 Å². The molecule has 1 saturated heterocycles. The SMILES string of the molecule is CN1CCC(N(C)c2ccc(CN)nn2)CC1. The Balaban J connectivity index is 2.00. The van der Waals surface area contributed by atoms with Crippen molar-refractivity contribution in [2.45, 2.75) is 25.4 Å². The predicted molar refractivity (Wildman–Crippen MR) is 68.8 cm³/mol. The van der Waals surface area contributed by atoms with Crippen LogP contribution in [-0.4, -0.2) is 48.3 Å². The summed E-state index contributed by atoms with van der Waals surface area (Å²) in [4.78, 5) is 4.60. The van der Waals surface area contributed by atoms with Gasteiger partial charge in [0.1, 0.15) is 0 Å². The summed E-state index contributed by atoms with van der Waals surface area (Å²) in [6.07, 6.45) is 2.38. The van der Waals surface area contributed by atoms with Crippen LogP contribution in [0.15, 0.2) is 12.1 Å². The monoisotopic (exact) mass is 235 g/mol. The number of hydrogen-bond donors (Lipinski definition) is 1. The summed E-state index contributed by atoms with van der Waals surface area (Å²) >= 11 is 0. The molecular weight excluding hydrogens is 214 g/mol. The van der Waals surface area contributed by atoms with Gasteiger partial charge in [-0.25, -0.2) is 0 Å². The Hall–Kier alpha value is -1.20. The van der Waals surface area contributed by atoms with Crippen LogP contribution < -0.4 is 10.6 Å². The Labute approximate surface area is 103 Å². The van der Waals surface area contributed by atoms with Crippen molar-refractivity contribution in [2.75, 3.05) is 32.1 Å². The average Bonchev–Trinajstić information content (AvgIpc) is 2.39. The summed E-state index contributed by atoms with van der Waals surface area (Å²) in [5.74, 6) is 0.941. The summed E-state index contributed by atoms with van der Waals surface area (Å²) < 4.78 is 0. The van der Waals surface area contributed by atoms with Crippen LogP contribution in [0.4, 0.5) is 5.82 Å². The largest absolute Gasteiger partial charge is 0.355 e. The number of likely N-dealkylation sites (tertiary alicyclic amines) is 1. The first-order valence-electron chi connectivity index (χ1n) is 6.14. The third-order valence-electron chi connectivity index (χ3n) is 3.51. The molecule has 0 bridgehead atoms. The van der Waals surface area contributed by atoms with Crippen LogP contribution in [0.25, 0.3) is 0 Å². The summed E-state index contributed by atoms with van der Waals surface area (Å²) in [6, 6.07) is 4.53. The van der Waals surface area contributed by atoms with E-state index in [1.165, 1.54) is 12.8 Å². The molecule has 94 valence electrons. The molecule has 1 fully saturated rings. The number of nitrogens with zero attached hydrogens (tertiary/aromatic N) is 4. The fourth-order valence-electron chi connectivity index (χ4n) is 2.22. The average molecular weight is 235 g/mol. The van der Waals surface area contributed by atoms with Crippen LogP contribution >= 0.6 is 0 Å². The van der Waals surface area contributed by atoms with E-state index >= 15 is 0 Å². The molecule has 2 heterocycles. The smallest absolute Gasteiger partial charge is 0.151 e. The van der Waals surface area contributed by atoms with Crippen LogP contribution in [0.5, 0.6) is 0 Å². The van der Waals surface area contributed by atoms with E-state index in [1.807, 2.05) is 12.1 Å². The summed E-state index contributed by atoms with van der Waals surface area (Å²) in [5, 5.41) is 8.33. The lowest BCUT2D eigenvalue weighted by atomic mass is 10.0. The zero-order chi connectivity index (χ0) is 12.3. The molecule has 0 aliphatic carbocycles. The van der Waals surface area contributed by atoms with E-state index in [2.05, 4.69) is 34.1 Å². The van der Waals surface area contributed by atoms with Gasteiger partial charge < -0.3 is 15.5 Å². The van der Waals surface area contributed by atoms with Crippen molar-refractivity contribution in [2.24, 2.45) is 5.73 Å². The van der Waals surface area contributed by atoms with Gasteiger partial charge in [-0.05, 0) is 45.1 Å². The van der Waals surface area contributed by atoms with Gasteiger partial charge in [0.15, 0.2) is 5.82 Å². The van der Waals surface area contributed by atoms with Crippen molar-refractivity contribution in [3.63, 3.8) is 0 Å². The van der Waals surface area contributed by atoms with Gasteiger partial charge in [-0.15, -0.1) is 5.10 Å². The van der Waals surface area contributed by atoms with Crippen molar-refractivity contribution in [3.05, 3.63) is 17.8 Å². The third-order valence-corrected chi connectivity index (χ3v) is 3.51. The molecule has 1 aromatic rings. The molecule has 0 saturated carbocycles. The number of anilines is 1. The summed E-state index contributed by atoms with van der Waals surface area (Å²) in [7, 11) is 4.27. The van der Waals surface area contributed by atoms with Gasteiger partial charge in [0.2, 0.25) is 0 Å². The zero-order valence-electron chi connectivity index (χ0n) is 10.6. The summed E-state index contributed by atoms with van der Waals surface area (Å²) in [6.45, 7) is 2.76. The highest BCUT2D eigenvalue weighted by Crippen LogP contribution is 2.19. The molecule has 17 heavy (non-hydrogen) atoms. The highest BCUT2D eigenvalue weighted by Gasteiger charge is 2.21. The molecule has 2 N–H and O–H groups in total. The first kappa shape index (κ1) is 12.3. The molecule has 5 nitrogen and oxygen atoms in total. The van der Waals surface area contributed by atoms with E-state index in [4.69, 9.17) is 5.73 Å². The van der Waals surface area contributed by atoms with Crippen molar-refractivity contribution in [1.82, 2.24) is 15.1 Å². The van der Waals surface area contributed by atoms with E-state index in [-0.39, 0.29) is 0 Å². The Morgan fingerprint density at radius 3 is 2.59 bits per heavy atom. The Bertz CT molecular complexity index is 342. The zero-order valence-corrected chi connectivity index (χ0v) is 10.6. The number of piperidine rings is 1. The predicted octanol–water partition coefficient (Wildman–Crippen LogP) is 0.466. The third kappa shape index (κ3) is 2.92. The number of aromatic nitrogens is 2. The second-order valence-corrected chi connectivity index (χ2v) is 4.73.